The number of ether oxygens (including phenoxy) is 2. The lowest BCUT2D eigenvalue weighted by atomic mass is 10.0. The van der Waals surface area contributed by atoms with Crippen molar-refractivity contribution in [2.75, 3.05) is 13.2 Å². The number of hydrogen-bond donors (Lipinski definition) is 0. The Morgan fingerprint density at radius 2 is 1.88 bits per heavy atom. The fourth-order valence-corrected chi connectivity index (χ4v) is 1.88. The molecule has 0 amide bonds. The van der Waals surface area contributed by atoms with Crippen LogP contribution in [0.15, 0.2) is 36.4 Å². The third-order valence-electron chi connectivity index (χ3n) is 2.79. The lowest BCUT2D eigenvalue weighted by Gasteiger charge is -2.15. The second-order valence-electron chi connectivity index (χ2n) is 4.73. The molecule has 0 unspecified atom stereocenters. The van der Waals surface area contributed by atoms with E-state index in [9.17, 15) is 0 Å². The molecular formula is C15H20O2. The van der Waals surface area contributed by atoms with Crippen molar-refractivity contribution in [1.82, 2.24) is 0 Å². The molecule has 1 heterocycles. The Bertz CT molecular complexity index is 362. The van der Waals surface area contributed by atoms with Gasteiger partial charge >= 0.3 is 0 Å². The van der Waals surface area contributed by atoms with Crippen LogP contribution in [0, 0.1) is 5.92 Å². The highest BCUT2D eigenvalue weighted by Gasteiger charge is 2.21. The first-order valence-corrected chi connectivity index (χ1v) is 6.26. The molecule has 2 rings (SSSR count). The van der Waals surface area contributed by atoms with Crippen molar-refractivity contribution in [3.8, 4) is 0 Å². The second-order valence-corrected chi connectivity index (χ2v) is 4.73. The predicted octanol–water partition coefficient (Wildman–Crippen LogP) is 3.49. The van der Waals surface area contributed by atoms with Crippen molar-refractivity contribution in [3.63, 3.8) is 0 Å². The number of hydrogen-bond acceptors (Lipinski definition) is 2. The molecule has 1 aromatic carbocycles. The topological polar surface area (TPSA) is 18.5 Å². The van der Waals surface area contributed by atoms with E-state index in [2.05, 4.69) is 32.1 Å². The summed E-state index contributed by atoms with van der Waals surface area (Å²) in [5.41, 5.74) is 2.36. The lowest BCUT2D eigenvalue weighted by molar-refractivity contribution is 0.00672. The molecule has 0 saturated carbocycles. The summed E-state index contributed by atoms with van der Waals surface area (Å²) in [4.78, 5) is 0. The summed E-state index contributed by atoms with van der Waals surface area (Å²) in [5, 5.41) is 0. The highest BCUT2D eigenvalue weighted by Crippen LogP contribution is 2.25. The van der Waals surface area contributed by atoms with Crippen LogP contribution in [0.1, 0.15) is 25.8 Å². The van der Waals surface area contributed by atoms with E-state index >= 15 is 0 Å². The van der Waals surface area contributed by atoms with Gasteiger partial charge in [0.15, 0.2) is 6.29 Å². The first-order valence-electron chi connectivity index (χ1n) is 6.26. The summed E-state index contributed by atoms with van der Waals surface area (Å²) < 4.78 is 11.2. The van der Waals surface area contributed by atoms with Gasteiger partial charge in [-0.1, -0.05) is 50.3 Å². The molecule has 1 aliphatic heterocycles. The molecule has 1 saturated heterocycles. The molecule has 1 aliphatic rings. The average Bonchev–Trinajstić information content (AvgIpc) is 2.84. The van der Waals surface area contributed by atoms with E-state index in [1.165, 1.54) is 5.56 Å². The third kappa shape index (κ3) is 3.42. The smallest absolute Gasteiger partial charge is 0.184 e. The predicted molar refractivity (Wildman–Crippen MR) is 69.6 cm³/mol. The second kappa shape index (κ2) is 5.99. The van der Waals surface area contributed by atoms with E-state index in [0.29, 0.717) is 19.1 Å². The van der Waals surface area contributed by atoms with Gasteiger partial charge in [0.2, 0.25) is 0 Å². The Morgan fingerprint density at radius 1 is 1.24 bits per heavy atom. The normalized spacial score (nSPS) is 17.9. The van der Waals surface area contributed by atoms with Crippen molar-refractivity contribution in [3.05, 3.63) is 42.0 Å². The minimum absolute atomic E-state index is 0.184. The summed E-state index contributed by atoms with van der Waals surface area (Å²) in [5.74, 6) is 0.648. The van der Waals surface area contributed by atoms with Crippen LogP contribution in [0.4, 0.5) is 0 Å². The minimum Gasteiger partial charge on any atom is -0.346 e. The summed E-state index contributed by atoms with van der Waals surface area (Å²) in [6.07, 6.45) is 3.11. The highest BCUT2D eigenvalue weighted by atomic mass is 16.7. The number of allylic oxidation sites excluding steroid dienone is 1. The van der Waals surface area contributed by atoms with Gasteiger partial charge in [-0.2, -0.15) is 0 Å². The van der Waals surface area contributed by atoms with E-state index in [0.717, 1.165) is 12.0 Å². The molecule has 2 heteroatoms. The largest absolute Gasteiger partial charge is 0.346 e. The average molecular weight is 232 g/mol. The molecule has 17 heavy (non-hydrogen) atoms. The SMILES string of the molecule is CC(C)C/C=C(\c1ccccc1)C1OCCO1. The Kier molecular flexibility index (Phi) is 4.35. The van der Waals surface area contributed by atoms with Gasteiger partial charge in [-0.05, 0) is 17.9 Å². The first-order chi connectivity index (χ1) is 8.27. The molecular weight excluding hydrogens is 212 g/mol. The van der Waals surface area contributed by atoms with Gasteiger partial charge in [0.05, 0.1) is 13.2 Å². The summed E-state index contributed by atoms with van der Waals surface area (Å²) in [7, 11) is 0. The molecule has 0 N–H and O–H groups in total. The van der Waals surface area contributed by atoms with E-state index < -0.39 is 0 Å². The van der Waals surface area contributed by atoms with Crippen LogP contribution in [0.25, 0.3) is 5.57 Å². The van der Waals surface area contributed by atoms with E-state index in [-0.39, 0.29) is 6.29 Å². The Balaban J connectivity index is 2.20. The zero-order chi connectivity index (χ0) is 12.1. The van der Waals surface area contributed by atoms with Crippen molar-refractivity contribution in [2.24, 2.45) is 5.92 Å². The van der Waals surface area contributed by atoms with Crippen LogP contribution >= 0.6 is 0 Å². The van der Waals surface area contributed by atoms with Crippen LogP contribution in [-0.4, -0.2) is 19.5 Å². The molecule has 1 fully saturated rings. The fraction of sp³-hybridized carbons (Fsp3) is 0.467. The molecule has 92 valence electrons. The standard InChI is InChI=1S/C15H20O2/c1-12(2)8-9-14(15-16-10-11-17-15)13-6-4-3-5-7-13/h3-7,9,12,15H,8,10-11H2,1-2H3/b14-9+. The minimum atomic E-state index is -0.184. The summed E-state index contributed by atoms with van der Waals surface area (Å²) in [6.45, 7) is 5.82. The molecule has 0 radical (unpaired) electrons. The van der Waals surface area contributed by atoms with Crippen LogP contribution in [0.2, 0.25) is 0 Å². The maximum absolute atomic E-state index is 5.61. The van der Waals surface area contributed by atoms with Crippen molar-refractivity contribution in [1.29, 1.82) is 0 Å². The van der Waals surface area contributed by atoms with Crippen LogP contribution in [0.3, 0.4) is 0 Å². The van der Waals surface area contributed by atoms with Gasteiger partial charge in [0.25, 0.3) is 0 Å². The molecule has 0 aromatic heterocycles. The zero-order valence-electron chi connectivity index (χ0n) is 10.6. The number of rotatable bonds is 4. The highest BCUT2D eigenvalue weighted by molar-refractivity contribution is 5.67. The van der Waals surface area contributed by atoms with Gasteiger partial charge in [0, 0.05) is 5.57 Å². The van der Waals surface area contributed by atoms with E-state index in [1.54, 1.807) is 0 Å². The van der Waals surface area contributed by atoms with Gasteiger partial charge in [-0.15, -0.1) is 0 Å². The molecule has 2 nitrogen and oxygen atoms in total. The third-order valence-corrected chi connectivity index (χ3v) is 2.79. The molecule has 0 atom stereocenters. The van der Waals surface area contributed by atoms with Crippen molar-refractivity contribution in [2.45, 2.75) is 26.6 Å². The van der Waals surface area contributed by atoms with Crippen LogP contribution in [0.5, 0.6) is 0 Å². The van der Waals surface area contributed by atoms with Gasteiger partial charge in [0.1, 0.15) is 0 Å². The molecule has 0 spiro atoms. The van der Waals surface area contributed by atoms with Crippen LogP contribution < -0.4 is 0 Å². The van der Waals surface area contributed by atoms with Gasteiger partial charge in [-0.25, -0.2) is 0 Å². The van der Waals surface area contributed by atoms with Crippen molar-refractivity contribution < 1.29 is 9.47 Å². The van der Waals surface area contributed by atoms with Crippen molar-refractivity contribution >= 4 is 5.57 Å². The summed E-state index contributed by atoms with van der Waals surface area (Å²) in [6, 6.07) is 10.3. The maximum Gasteiger partial charge on any atom is 0.184 e. The molecule has 0 bridgehead atoms. The Labute approximate surface area is 103 Å². The van der Waals surface area contributed by atoms with E-state index in [1.807, 2.05) is 18.2 Å². The quantitative estimate of drug-likeness (QED) is 0.791. The van der Waals surface area contributed by atoms with Gasteiger partial charge < -0.3 is 9.47 Å². The maximum atomic E-state index is 5.61. The molecule has 0 aliphatic carbocycles. The molecule has 1 aromatic rings. The van der Waals surface area contributed by atoms with E-state index in [4.69, 9.17) is 9.47 Å². The first kappa shape index (κ1) is 12.3. The van der Waals surface area contributed by atoms with Gasteiger partial charge in [-0.3, -0.25) is 0 Å². The fourth-order valence-electron chi connectivity index (χ4n) is 1.88. The monoisotopic (exact) mass is 232 g/mol. The number of benzene rings is 1. The zero-order valence-corrected chi connectivity index (χ0v) is 10.6. The Morgan fingerprint density at radius 3 is 2.47 bits per heavy atom. The Hall–Kier alpha value is -1.12. The van der Waals surface area contributed by atoms with Crippen LogP contribution in [-0.2, 0) is 9.47 Å². The summed E-state index contributed by atoms with van der Waals surface area (Å²) >= 11 is 0. The lowest BCUT2D eigenvalue weighted by Crippen LogP contribution is -2.10.